The summed E-state index contributed by atoms with van der Waals surface area (Å²) in [4.78, 5) is 27.6. The Kier molecular flexibility index (Phi) is 7.39. The molecule has 9 nitrogen and oxygen atoms in total. The van der Waals surface area contributed by atoms with Crippen LogP contribution in [0.2, 0.25) is 0 Å². The van der Waals surface area contributed by atoms with Crippen molar-refractivity contribution in [3.63, 3.8) is 0 Å². The van der Waals surface area contributed by atoms with Gasteiger partial charge in [-0.05, 0) is 12.8 Å². The first-order chi connectivity index (χ1) is 7.93. The molecule has 98 valence electrons. The summed E-state index contributed by atoms with van der Waals surface area (Å²) in [5.41, 5.74) is 12.8. The van der Waals surface area contributed by atoms with Crippen molar-refractivity contribution in [2.75, 3.05) is 13.2 Å². The van der Waals surface area contributed by atoms with Gasteiger partial charge in [-0.3, -0.25) is 15.5 Å². The van der Waals surface area contributed by atoms with Crippen molar-refractivity contribution in [1.29, 1.82) is 0 Å². The van der Waals surface area contributed by atoms with Gasteiger partial charge in [-0.25, -0.2) is 9.63 Å². The highest BCUT2D eigenvalue weighted by molar-refractivity contribution is 5.73. The second kappa shape index (κ2) is 8.30. The number of hydrogen-bond donors (Lipinski definition) is 6. The van der Waals surface area contributed by atoms with Gasteiger partial charge in [-0.1, -0.05) is 0 Å². The molecule has 0 aromatic carbocycles. The first-order valence-corrected chi connectivity index (χ1v) is 4.87. The number of nitrogens with two attached hydrogens (primary N) is 2. The second-order valence-electron chi connectivity index (χ2n) is 3.21. The molecule has 0 saturated carbocycles. The van der Waals surface area contributed by atoms with Crippen LogP contribution in [-0.4, -0.2) is 47.3 Å². The Balaban J connectivity index is 3.63. The minimum Gasteiger partial charge on any atom is -0.480 e. The van der Waals surface area contributed by atoms with Crippen LogP contribution in [0.5, 0.6) is 0 Å². The van der Waals surface area contributed by atoms with Crippen LogP contribution in [-0.2, 0) is 14.4 Å². The summed E-state index contributed by atoms with van der Waals surface area (Å²) in [5, 5.41) is 16.7. The van der Waals surface area contributed by atoms with Gasteiger partial charge in [0.2, 0.25) is 0 Å². The van der Waals surface area contributed by atoms with Crippen molar-refractivity contribution in [2.24, 2.45) is 11.5 Å². The number of nitrogens with one attached hydrogen (secondary N) is 2. The van der Waals surface area contributed by atoms with E-state index in [0.29, 0.717) is 19.4 Å². The molecule has 0 saturated heterocycles. The van der Waals surface area contributed by atoms with Gasteiger partial charge >= 0.3 is 17.9 Å². The minimum atomic E-state index is -1.13. The number of guanidine groups is 1. The van der Waals surface area contributed by atoms with Crippen molar-refractivity contribution in [1.82, 2.24) is 5.48 Å². The number of carboxylic acids is 2. The first kappa shape index (κ1) is 15.1. The average molecular weight is 249 g/mol. The second-order valence-corrected chi connectivity index (χ2v) is 3.21. The molecule has 0 fully saturated rings. The normalized spacial score (nSPS) is 13.1. The molecule has 0 rings (SSSR count). The summed E-state index contributed by atoms with van der Waals surface area (Å²) in [6, 6.07) is -0.894. The molecule has 9 heteroatoms. The molecule has 0 aliphatic carbocycles. The monoisotopic (exact) mass is 249 g/mol. The number of hydrogen-bond acceptors (Lipinski definition) is 4. The van der Waals surface area contributed by atoms with E-state index in [4.69, 9.17) is 21.7 Å². The van der Waals surface area contributed by atoms with Crippen molar-refractivity contribution in [3.8, 4) is 0 Å². The highest BCUT2D eigenvalue weighted by atomic mass is 16.7. The molecular weight excluding hydrogens is 232 g/mol. The fourth-order valence-corrected chi connectivity index (χ4v) is 0.880. The maximum Gasteiger partial charge on any atom is 0.369 e. The number of carboxylic acid groups (broad SMARTS) is 2. The zero-order valence-electron chi connectivity index (χ0n) is 9.18. The van der Waals surface area contributed by atoms with Crippen LogP contribution in [0.15, 0.2) is 0 Å². The Hall–Kier alpha value is -1.87. The third kappa shape index (κ3) is 9.08. The molecular formula is C8H17N4O5+. The summed E-state index contributed by atoms with van der Waals surface area (Å²) in [5.74, 6) is -2.13. The summed E-state index contributed by atoms with van der Waals surface area (Å²) in [6.07, 6.45) is 0.820. The SMILES string of the molecule is NC(NOCC(=O)O)=[NH+]CCCC(N)C(=O)O. The lowest BCUT2D eigenvalue weighted by Gasteiger charge is -2.03. The molecule has 8 N–H and O–H groups in total. The van der Waals surface area contributed by atoms with E-state index in [0.717, 1.165) is 0 Å². The van der Waals surface area contributed by atoms with E-state index in [1.54, 1.807) is 0 Å². The van der Waals surface area contributed by atoms with E-state index >= 15 is 0 Å². The van der Waals surface area contributed by atoms with Crippen LogP contribution >= 0.6 is 0 Å². The molecule has 17 heavy (non-hydrogen) atoms. The highest BCUT2D eigenvalue weighted by Gasteiger charge is 2.10. The van der Waals surface area contributed by atoms with E-state index in [-0.39, 0.29) is 5.96 Å². The zero-order valence-corrected chi connectivity index (χ0v) is 9.18. The average Bonchev–Trinajstić information content (AvgIpc) is 2.23. The molecule has 0 heterocycles. The smallest absolute Gasteiger partial charge is 0.369 e. The maximum atomic E-state index is 10.4. The molecule has 1 atom stereocenters. The van der Waals surface area contributed by atoms with Crippen LogP contribution in [0.1, 0.15) is 12.8 Å². The predicted octanol–water partition coefficient (Wildman–Crippen LogP) is -3.82. The Labute approximate surface area is 97.4 Å². The fourth-order valence-electron chi connectivity index (χ4n) is 0.880. The topological polar surface area (TPSA) is 162 Å². The molecule has 0 radical (unpaired) electrons. The van der Waals surface area contributed by atoms with Gasteiger partial charge in [0.25, 0.3) is 0 Å². The highest BCUT2D eigenvalue weighted by Crippen LogP contribution is 1.90. The number of carbonyl (C=O) groups is 2. The van der Waals surface area contributed by atoms with Gasteiger partial charge in [0, 0.05) is 0 Å². The van der Waals surface area contributed by atoms with Gasteiger partial charge in [-0.15, -0.1) is 5.48 Å². The van der Waals surface area contributed by atoms with Crippen LogP contribution < -0.4 is 21.9 Å². The lowest BCUT2D eigenvalue weighted by molar-refractivity contribution is -0.463. The van der Waals surface area contributed by atoms with E-state index < -0.39 is 24.6 Å². The van der Waals surface area contributed by atoms with Gasteiger partial charge in [0.15, 0.2) is 6.61 Å². The Bertz CT molecular complexity index is 294. The van der Waals surface area contributed by atoms with E-state index in [2.05, 4.69) is 15.3 Å². The van der Waals surface area contributed by atoms with Crippen LogP contribution in [0, 0.1) is 0 Å². The number of aliphatic carboxylic acids is 2. The molecule has 0 bridgehead atoms. The molecule has 1 unspecified atom stereocenters. The molecule has 0 amide bonds. The summed E-state index contributed by atoms with van der Waals surface area (Å²) < 4.78 is 0. The van der Waals surface area contributed by atoms with Crippen LogP contribution in [0.4, 0.5) is 0 Å². The Morgan fingerprint density at radius 1 is 1.41 bits per heavy atom. The minimum absolute atomic E-state index is 0.0511. The van der Waals surface area contributed by atoms with Gasteiger partial charge < -0.3 is 15.9 Å². The van der Waals surface area contributed by atoms with E-state index in [1.165, 1.54) is 0 Å². The number of rotatable bonds is 8. The van der Waals surface area contributed by atoms with Crippen LogP contribution in [0.3, 0.4) is 0 Å². The molecule has 0 aromatic heterocycles. The Morgan fingerprint density at radius 3 is 2.59 bits per heavy atom. The summed E-state index contributed by atoms with van der Waals surface area (Å²) >= 11 is 0. The van der Waals surface area contributed by atoms with Crippen molar-refractivity contribution in [3.05, 3.63) is 0 Å². The summed E-state index contributed by atoms with van der Waals surface area (Å²) in [7, 11) is 0. The van der Waals surface area contributed by atoms with E-state index in [1.807, 2.05) is 0 Å². The summed E-state index contributed by atoms with van der Waals surface area (Å²) in [6.45, 7) is -0.123. The van der Waals surface area contributed by atoms with Crippen molar-refractivity contribution < 1.29 is 29.6 Å². The van der Waals surface area contributed by atoms with E-state index in [9.17, 15) is 9.59 Å². The van der Waals surface area contributed by atoms with Gasteiger partial charge in [0.1, 0.15) is 6.04 Å². The lowest BCUT2D eigenvalue weighted by Crippen LogP contribution is -2.78. The number of hydroxylamine groups is 1. The maximum absolute atomic E-state index is 10.4. The predicted molar refractivity (Wildman–Crippen MR) is 56.6 cm³/mol. The van der Waals surface area contributed by atoms with Crippen molar-refractivity contribution in [2.45, 2.75) is 18.9 Å². The van der Waals surface area contributed by atoms with Gasteiger partial charge in [0.05, 0.1) is 6.54 Å². The first-order valence-electron chi connectivity index (χ1n) is 4.87. The standard InChI is InChI=1S/C8H16N4O5/c9-5(7(15)16)2-1-3-11-8(10)12-17-4-6(13)14/h5H,1-4,9H2,(H,13,14)(H,15,16)(H3,10,11,12)/p+1. The fraction of sp³-hybridized carbons (Fsp3) is 0.625. The lowest BCUT2D eigenvalue weighted by atomic mass is 10.2. The molecule has 0 aliphatic rings. The zero-order chi connectivity index (χ0) is 13.3. The molecule has 0 spiro atoms. The van der Waals surface area contributed by atoms with Crippen LogP contribution in [0.25, 0.3) is 0 Å². The van der Waals surface area contributed by atoms with Crippen molar-refractivity contribution >= 4 is 17.9 Å². The largest absolute Gasteiger partial charge is 0.480 e. The quantitative estimate of drug-likeness (QED) is 0.110. The molecule has 0 aliphatic heterocycles. The third-order valence-corrected chi connectivity index (χ3v) is 1.70. The third-order valence-electron chi connectivity index (χ3n) is 1.70. The Morgan fingerprint density at radius 2 is 2.06 bits per heavy atom. The van der Waals surface area contributed by atoms with Gasteiger partial charge in [-0.2, -0.15) is 0 Å². The molecule has 0 aromatic rings.